The van der Waals surface area contributed by atoms with Gasteiger partial charge in [-0.2, -0.15) is 0 Å². The quantitative estimate of drug-likeness (QED) is 0.700. The molecule has 0 bridgehead atoms. The molecule has 2 aromatic rings. The third-order valence-electron chi connectivity index (χ3n) is 2.76. The van der Waals surface area contributed by atoms with Crippen LogP contribution in [0.15, 0.2) is 21.7 Å². The zero-order valence-corrected chi connectivity index (χ0v) is 10.2. The van der Waals surface area contributed by atoms with Crippen LogP contribution in [0.5, 0.6) is 0 Å². The summed E-state index contributed by atoms with van der Waals surface area (Å²) in [5, 5.41) is 2.73. The summed E-state index contributed by atoms with van der Waals surface area (Å²) in [7, 11) is 4.39. The first-order chi connectivity index (χ1) is 8.47. The van der Waals surface area contributed by atoms with Gasteiger partial charge in [0.1, 0.15) is 11.3 Å². The lowest BCUT2D eigenvalue weighted by Crippen LogP contribution is -2.37. The van der Waals surface area contributed by atoms with E-state index in [0.717, 1.165) is 4.57 Å². The Balaban J connectivity index is 2.91. The number of carbonyl (C=O) groups is 1. The van der Waals surface area contributed by atoms with Crippen molar-refractivity contribution in [3.63, 3.8) is 0 Å². The standard InChI is InChI=1S/C11H12N4O3/c1-12-9(16)7-5-4-6-8(13-7)14(2)11(18)15(3)10(6)17/h4-5H,1-3H3,(H,12,16). The van der Waals surface area contributed by atoms with Crippen LogP contribution in [-0.2, 0) is 14.1 Å². The van der Waals surface area contributed by atoms with Crippen molar-refractivity contribution in [2.75, 3.05) is 7.05 Å². The first-order valence-corrected chi connectivity index (χ1v) is 5.26. The molecule has 18 heavy (non-hydrogen) atoms. The van der Waals surface area contributed by atoms with Gasteiger partial charge in [-0.3, -0.25) is 18.7 Å². The smallest absolute Gasteiger partial charge is 0.332 e. The number of hydrogen-bond acceptors (Lipinski definition) is 4. The predicted octanol–water partition coefficient (Wildman–Crippen LogP) is -1.01. The first kappa shape index (κ1) is 12.0. The topological polar surface area (TPSA) is 86.0 Å². The Morgan fingerprint density at radius 3 is 2.50 bits per heavy atom. The van der Waals surface area contributed by atoms with Crippen LogP contribution in [0.2, 0.25) is 0 Å². The average Bonchev–Trinajstić information content (AvgIpc) is 2.41. The number of amides is 1. The van der Waals surface area contributed by atoms with Crippen LogP contribution < -0.4 is 16.6 Å². The van der Waals surface area contributed by atoms with Gasteiger partial charge >= 0.3 is 5.69 Å². The van der Waals surface area contributed by atoms with Crippen molar-refractivity contribution < 1.29 is 4.79 Å². The summed E-state index contributed by atoms with van der Waals surface area (Å²) < 4.78 is 2.24. The molecule has 0 fully saturated rings. The number of nitrogens with one attached hydrogen (secondary N) is 1. The van der Waals surface area contributed by atoms with E-state index in [1.165, 1.54) is 37.8 Å². The van der Waals surface area contributed by atoms with E-state index in [0.29, 0.717) is 5.39 Å². The molecule has 2 rings (SSSR count). The second-order valence-electron chi connectivity index (χ2n) is 3.85. The third kappa shape index (κ3) is 1.60. The Hall–Kier alpha value is -2.44. The number of aryl methyl sites for hydroxylation is 1. The number of carbonyl (C=O) groups excluding carboxylic acids is 1. The van der Waals surface area contributed by atoms with Gasteiger partial charge in [-0.1, -0.05) is 0 Å². The molecule has 2 heterocycles. The van der Waals surface area contributed by atoms with Crippen LogP contribution in [0, 0.1) is 0 Å². The van der Waals surface area contributed by atoms with Crippen LogP contribution in [0.4, 0.5) is 0 Å². The summed E-state index contributed by atoms with van der Waals surface area (Å²) >= 11 is 0. The summed E-state index contributed by atoms with van der Waals surface area (Å²) in [5.74, 6) is -0.370. The molecule has 7 nitrogen and oxygen atoms in total. The molecule has 94 valence electrons. The van der Waals surface area contributed by atoms with Crippen molar-refractivity contribution in [1.29, 1.82) is 0 Å². The molecule has 0 saturated carbocycles. The molecular weight excluding hydrogens is 236 g/mol. The molecule has 0 aliphatic rings. The molecule has 0 aromatic carbocycles. The highest BCUT2D eigenvalue weighted by atomic mass is 16.2. The van der Waals surface area contributed by atoms with Crippen LogP contribution in [-0.4, -0.2) is 27.1 Å². The van der Waals surface area contributed by atoms with E-state index >= 15 is 0 Å². The predicted molar refractivity (Wildman–Crippen MR) is 65.6 cm³/mol. The molecule has 0 unspecified atom stereocenters. The summed E-state index contributed by atoms with van der Waals surface area (Å²) in [6, 6.07) is 2.95. The molecule has 7 heteroatoms. The maximum Gasteiger partial charge on any atom is 0.332 e. The van der Waals surface area contributed by atoms with Gasteiger partial charge < -0.3 is 5.32 Å². The van der Waals surface area contributed by atoms with Crippen molar-refractivity contribution in [2.45, 2.75) is 0 Å². The number of nitrogens with zero attached hydrogens (tertiary/aromatic N) is 3. The Kier molecular flexibility index (Phi) is 2.74. The molecular formula is C11H12N4O3. The van der Waals surface area contributed by atoms with Gasteiger partial charge in [0.2, 0.25) is 0 Å². The molecule has 0 saturated heterocycles. The van der Waals surface area contributed by atoms with Crippen LogP contribution >= 0.6 is 0 Å². The maximum absolute atomic E-state index is 11.9. The van der Waals surface area contributed by atoms with E-state index in [9.17, 15) is 14.4 Å². The lowest BCUT2D eigenvalue weighted by atomic mass is 10.2. The fourth-order valence-electron chi connectivity index (χ4n) is 1.71. The highest BCUT2D eigenvalue weighted by molar-refractivity contribution is 5.94. The highest BCUT2D eigenvalue weighted by Gasteiger charge is 2.12. The summed E-state index contributed by atoms with van der Waals surface area (Å²) in [6.45, 7) is 0. The van der Waals surface area contributed by atoms with Crippen LogP contribution in [0.25, 0.3) is 11.0 Å². The zero-order chi connectivity index (χ0) is 13.4. The minimum atomic E-state index is -0.478. The van der Waals surface area contributed by atoms with Gasteiger partial charge in [0.05, 0.1) is 5.39 Å². The maximum atomic E-state index is 11.9. The SMILES string of the molecule is CNC(=O)c1ccc2c(=O)n(C)c(=O)n(C)c2n1. The molecule has 0 radical (unpaired) electrons. The minimum Gasteiger partial charge on any atom is -0.354 e. The van der Waals surface area contributed by atoms with E-state index in [4.69, 9.17) is 0 Å². The molecule has 0 atom stereocenters. The molecule has 1 amide bonds. The van der Waals surface area contributed by atoms with Gasteiger partial charge in [-0.25, -0.2) is 9.78 Å². The Morgan fingerprint density at radius 1 is 1.22 bits per heavy atom. The Morgan fingerprint density at radius 2 is 1.89 bits per heavy atom. The summed E-state index contributed by atoms with van der Waals surface area (Å²) in [5.41, 5.74) is -0.546. The lowest BCUT2D eigenvalue weighted by molar-refractivity contribution is 0.0958. The number of rotatable bonds is 1. The van der Waals surface area contributed by atoms with Crippen molar-refractivity contribution in [1.82, 2.24) is 19.4 Å². The van der Waals surface area contributed by atoms with Crippen LogP contribution in [0.3, 0.4) is 0 Å². The summed E-state index contributed by atoms with van der Waals surface area (Å²) in [6.07, 6.45) is 0. The molecule has 0 aliphatic heterocycles. The second kappa shape index (κ2) is 4.10. The van der Waals surface area contributed by atoms with E-state index in [1.54, 1.807) is 0 Å². The Labute approximate surface area is 102 Å². The highest BCUT2D eigenvalue weighted by Crippen LogP contribution is 2.05. The van der Waals surface area contributed by atoms with E-state index in [2.05, 4.69) is 10.3 Å². The van der Waals surface area contributed by atoms with Gasteiger partial charge in [-0.05, 0) is 12.1 Å². The van der Waals surface area contributed by atoms with Gasteiger partial charge in [0, 0.05) is 21.1 Å². The monoisotopic (exact) mass is 248 g/mol. The third-order valence-corrected chi connectivity index (χ3v) is 2.76. The number of fused-ring (bicyclic) bond motifs is 1. The van der Waals surface area contributed by atoms with Gasteiger partial charge in [0.25, 0.3) is 11.5 Å². The fourth-order valence-corrected chi connectivity index (χ4v) is 1.71. The summed E-state index contributed by atoms with van der Waals surface area (Å²) in [4.78, 5) is 39.1. The van der Waals surface area contributed by atoms with Crippen molar-refractivity contribution >= 4 is 16.9 Å². The lowest BCUT2D eigenvalue weighted by Gasteiger charge is -2.07. The van der Waals surface area contributed by atoms with Crippen molar-refractivity contribution in [3.05, 3.63) is 38.7 Å². The van der Waals surface area contributed by atoms with Crippen molar-refractivity contribution in [3.8, 4) is 0 Å². The molecule has 0 aliphatic carbocycles. The molecule has 1 N–H and O–H groups in total. The van der Waals surface area contributed by atoms with E-state index in [1.807, 2.05) is 0 Å². The van der Waals surface area contributed by atoms with Crippen LogP contribution in [0.1, 0.15) is 10.5 Å². The molecule has 2 aromatic heterocycles. The number of hydrogen-bond donors (Lipinski definition) is 1. The average molecular weight is 248 g/mol. The number of pyridine rings is 1. The first-order valence-electron chi connectivity index (χ1n) is 5.26. The zero-order valence-electron chi connectivity index (χ0n) is 10.2. The molecule has 0 spiro atoms. The second-order valence-corrected chi connectivity index (χ2v) is 3.85. The van der Waals surface area contributed by atoms with E-state index < -0.39 is 11.2 Å². The Bertz CT molecular complexity index is 757. The van der Waals surface area contributed by atoms with E-state index in [-0.39, 0.29) is 17.2 Å². The normalized spacial score (nSPS) is 10.6. The minimum absolute atomic E-state index is 0.160. The number of aromatic nitrogens is 3. The van der Waals surface area contributed by atoms with Crippen molar-refractivity contribution in [2.24, 2.45) is 14.1 Å². The fraction of sp³-hybridized carbons (Fsp3) is 0.273. The largest absolute Gasteiger partial charge is 0.354 e. The van der Waals surface area contributed by atoms with Gasteiger partial charge in [-0.15, -0.1) is 0 Å². The van der Waals surface area contributed by atoms with Gasteiger partial charge in [0.15, 0.2) is 0 Å².